The summed E-state index contributed by atoms with van der Waals surface area (Å²) < 4.78 is 21.1. The second-order valence-corrected chi connectivity index (χ2v) is 13.4. The Morgan fingerprint density at radius 2 is 1.85 bits per heavy atom. The SMILES string of the molecule is O=C1CCCN1C1c2ccc(OC[C@@H]3CO[C@@](Cn4ccnc4)(c4ccc(Cl)cc4Cl)O3)cc2CCN1C/C=C/c1ccc(Cl)cc1. The van der Waals surface area contributed by atoms with Gasteiger partial charge in [-0.2, -0.15) is 0 Å². The summed E-state index contributed by atoms with van der Waals surface area (Å²) in [4.78, 5) is 21.5. The Balaban J connectivity index is 1.05. The van der Waals surface area contributed by atoms with Crippen LogP contribution in [0, 0.1) is 0 Å². The number of carbonyl (C=O) groups excluding carboxylic acids is 1. The predicted octanol–water partition coefficient (Wildman–Crippen LogP) is 7.38. The number of likely N-dealkylation sites (tertiary alicyclic amines) is 1. The maximum atomic E-state index is 13.0. The number of aromatic nitrogens is 2. The van der Waals surface area contributed by atoms with E-state index in [0.717, 1.165) is 54.4 Å². The van der Waals surface area contributed by atoms with Gasteiger partial charge in [-0.05, 0) is 65.9 Å². The number of benzene rings is 3. The lowest BCUT2D eigenvalue weighted by Gasteiger charge is -2.42. The molecule has 3 aliphatic rings. The van der Waals surface area contributed by atoms with Gasteiger partial charge in [-0.15, -0.1) is 0 Å². The van der Waals surface area contributed by atoms with E-state index in [1.807, 2.05) is 52.1 Å². The van der Waals surface area contributed by atoms with Crippen molar-refractivity contribution in [3.05, 3.63) is 123 Å². The van der Waals surface area contributed by atoms with E-state index in [1.165, 1.54) is 5.56 Å². The third-order valence-corrected chi connectivity index (χ3v) is 9.72. The van der Waals surface area contributed by atoms with Crippen molar-refractivity contribution in [1.29, 1.82) is 0 Å². The van der Waals surface area contributed by atoms with E-state index < -0.39 is 5.79 Å². The minimum Gasteiger partial charge on any atom is -0.491 e. The van der Waals surface area contributed by atoms with Gasteiger partial charge in [0.05, 0.1) is 24.5 Å². The van der Waals surface area contributed by atoms with Crippen LogP contribution in [0.3, 0.4) is 0 Å². The first-order chi connectivity index (χ1) is 22.9. The first-order valence-electron chi connectivity index (χ1n) is 15.8. The van der Waals surface area contributed by atoms with Gasteiger partial charge in [0.25, 0.3) is 0 Å². The second-order valence-electron chi connectivity index (χ2n) is 12.1. The molecule has 0 bridgehead atoms. The molecule has 1 amide bonds. The minimum absolute atomic E-state index is 0.114. The lowest BCUT2D eigenvalue weighted by atomic mass is 9.95. The fourth-order valence-electron chi connectivity index (χ4n) is 6.67. The molecule has 2 fully saturated rings. The summed E-state index contributed by atoms with van der Waals surface area (Å²) in [5.41, 5.74) is 4.13. The molecule has 4 aromatic rings. The van der Waals surface area contributed by atoms with E-state index in [9.17, 15) is 4.79 Å². The molecule has 47 heavy (non-hydrogen) atoms. The molecule has 244 valence electrons. The first-order valence-corrected chi connectivity index (χ1v) is 16.9. The first kappa shape index (κ1) is 32.2. The Kier molecular flexibility index (Phi) is 9.59. The van der Waals surface area contributed by atoms with E-state index in [-0.39, 0.29) is 18.2 Å². The number of carbonyl (C=O) groups is 1. The number of halogens is 3. The average molecular weight is 694 g/mol. The molecule has 3 aliphatic heterocycles. The highest BCUT2D eigenvalue weighted by Crippen LogP contribution is 2.41. The van der Waals surface area contributed by atoms with Gasteiger partial charge >= 0.3 is 0 Å². The van der Waals surface area contributed by atoms with Crippen molar-refractivity contribution in [2.75, 3.05) is 32.8 Å². The normalized spacial score (nSPS) is 23.1. The highest BCUT2D eigenvalue weighted by Gasteiger charge is 2.45. The zero-order chi connectivity index (χ0) is 32.4. The van der Waals surface area contributed by atoms with Crippen LogP contribution < -0.4 is 4.74 Å². The number of hydrogen-bond donors (Lipinski definition) is 0. The molecule has 8 nitrogen and oxygen atoms in total. The van der Waals surface area contributed by atoms with Crippen LogP contribution in [0.4, 0.5) is 0 Å². The Bertz CT molecular complexity index is 1750. The fraction of sp³-hybridized carbons (Fsp3) is 0.333. The highest BCUT2D eigenvalue weighted by atomic mass is 35.5. The zero-order valence-corrected chi connectivity index (χ0v) is 28.0. The quantitative estimate of drug-likeness (QED) is 0.173. The molecule has 1 unspecified atom stereocenters. The van der Waals surface area contributed by atoms with E-state index in [1.54, 1.807) is 24.7 Å². The largest absolute Gasteiger partial charge is 0.491 e. The standard InChI is InChI=1S/C36H35Cl3N4O4/c37-27-7-5-25(6-8-27)3-1-15-42-17-13-26-19-29(10-11-31(26)35(42)43-16-2-4-34(43)44)45-21-30-22-46-36(47-30,23-41-18-14-40-24-41)32-12-9-28(38)20-33(32)39/h1,3,5-12,14,18-20,24,30,35H,2,4,13,15-17,21-23H2/b3-1+/t30-,35?,36-/m1/s1. The van der Waals surface area contributed by atoms with Crippen molar-refractivity contribution < 1.29 is 19.0 Å². The molecule has 3 aromatic carbocycles. The third kappa shape index (κ3) is 7.09. The summed E-state index contributed by atoms with van der Waals surface area (Å²) in [6.45, 7) is 3.31. The molecule has 0 N–H and O–H groups in total. The summed E-state index contributed by atoms with van der Waals surface area (Å²) in [5.74, 6) is -0.160. The summed E-state index contributed by atoms with van der Waals surface area (Å²) in [5, 5.41) is 1.72. The van der Waals surface area contributed by atoms with Gasteiger partial charge in [0.15, 0.2) is 0 Å². The molecule has 4 heterocycles. The molecule has 0 saturated carbocycles. The van der Waals surface area contributed by atoms with Gasteiger partial charge in [-0.3, -0.25) is 9.69 Å². The minimum atomic E-state index is -1.12. The number of rotatable bonds is 10. The van der Waals surface area contributed by atoms with Crippen LogP contribution in [0.2, 0.25) is 15.1 Å². The number of fused-ring (bicyclic) bond motifs is 1. The molecular formula is C36H35Cl3N4O4. The smallest absolute Gasteiger partial charge is 0.224 e. The number of imidazole rings is 1. The molecule has 0 aliphatic carbocycles. The van der Waals surface area contributed by atoms with Crippen molar-refractivity contribution in [1.82, 2.24) is 19.4 Å². The maximum absolute atomic E-state index is 13.0. The Hall–Kier alpha value is -3.37. The van der Waals surface area contributed by atoms with Gasteiger partial charge in [0.1, 0.15) is 24.6 Å². The van der Waals surface area contributed by atoms with Crippen molar-refractivity contribution in [3.8, 4) is 5.75 Å². The highest BCUT2D eigenvalue weighted by molar-refractivity contribution is 6.35. The van der Waals surface area contributed by atoms with Crippen LogP contribution in [0.25, 0.3) is 6.08 Å². The average Bonchev–Trinajstić information content (AvgIpc) is 3.83. The molecule has 3 atom stereocenters. The summed E-state index contributed by atoms with van der Waals surface area (Å²) in [7, 11) is 0. The second kappa shape index (κ2) is 14.0. The van der Waals surface area contributed by atoms with Gasteiger partial charge in [0.2, 0.25) is 11.7 Å². The Morgan fingerprint density at radius 3 is 2.62 bits per heavy atom. The monoisotopic (exact) mass is 692 g/mol. The Morgan fingerprint density at radius 1 is 1.00 bits per heavy atom. The van der Waals surface area contributed by atoms with E-state index in [2.05, 4.69) is 34.2 Å². The van der Waals surface area contributed by atoms with Crippen LogP contribution in [0.5, 0.6) is 5.75 Å². The van der Waals surface area contributed by atoms with Crippen LogP contribution in [0.1, 0.15) is 41.3 Å². The summed E-state index contributed by atoms with van der Waals surface area (Å²) in [6, 6.07) is 19.3. The van der Waals surface area contributed by atoms with E-state index in [4.69, 9.17) is 49.0 Å². The van der Waals surface area contributed by atoms with Crippen molar-refractivity contribution in [2.45, 2.75) is 43.9 Å². The molecule has 1 aromatic heterocycles. The third-order valence-electron chi connectivity index (χ3n) is 8.92. The topological polar surface area (TPSA) is 69.1 Å². The summed E-state index contributed by atoms with van der Waals surface area (Å²) >= 11 is 18.9. The van der Waals surface area contributed by atoms with Gasteiger partial charge in [-0.25, -0.2) is 4.98 Å². The van der Waals surface area contributed by atoms with E-state index >= 15 is 0 Å². The molecule has 11 heteroatoms. The number of nitrogens with zero attached hydrogens (tertiary/aromatic N) is 4. The van der Waals surface area contributed by atoms with Gasteiger partial charge in [-0.1, -0.05) is 71.2 Å². The predicted molar refractivity (Wildman–Crippen MR) is 183 cm³/mol. The van der Waals surface area contributed by atoms with Crippen LogP contribution in [-0.2, 0) is 33.0 Å². The molecule has 0 radical (unpaired) electrons. The fourth-order valence-corrected chi connectivity index (χ4v) is 7.35. The lowest BCUT2D eigenvalue weighted by molar-refractivity contribution is -0.189. The van der Waals surface area contributed by atoms with Crippen LogP contribution in [0.15, 0.2) is 85.5 Å². The molecular weight excluding hydrogens is 659 g/mol. The van der Waals surface area contributed by atoms with Crippen molar-refractivity contribution in [3.63, 3.8) is 0 Å². The van der Waals surface area contributed by atoms with Gasteiger partial charge in [0, 0.05) is 54.1 Å². The van der Waals surface area contributed by atoms with Gasteiger partial charge < -0.3 is 23.7 Å². The lowest BCUT2D eigenvalue weighted by Crippen LogP contribution is -2.46. The van der Waals surface area contributed by atoms with Crippen molar-refractivity contribution in [2.24, 2.45) is 0 Å². The molecule has 2 saturated heterocycles. The molecule has 0 spiro atoms. The Labute approximate surface area is 289 Å². The number of hydrogen-bond acceptors (Lipinski definition) is 6. The summed E-state index contributed by atoms with van der Waals surface area (Å²) in [6.07, 6.45) is 11.4. The van der Waals surface area contributed by atoms with E-state index in [0.29, 0.717) is 41.8 Å². The number of amides is 1. The van der Waals surface area contributed by atoms with Crippen molar-refractivity contribution >= 4 is 46.8 Å². The van der Waals surface area contributed by atoms with Crippen LogP contribution >= 0.6 is 34.8 Å². The maximum Gasteiger partial charge on any atom is 0.224 e. The zero-order valence-electron chi connectivity index (χ0n) is 25.7. The van der Waals surface area contributed by atoms with Crippen LogP contribution in [-0.4, -0.2) is 64.2 Å². The number of ether oxygens (including phenoxy) is 3. The molecule has 7 rings (SSSR count).